The number of aryl methyl sites for hydroxylation is 1. The van der Waals surface area contributed by atoms with E-state index < -0.39 is 9.84 Å². The van der Waals surface area contributed by atoms with Crippen LogP contribution in [0, 0.1) is 6.92 Å². The van der Waals surface area contributed by atoms with Crippen molar-refractivity contribution in [3.05, 3.63) is 35.4 Å². The van der Waals surface area contributed by atoms with Crippen LogP contribution in [0.5, 0.6) is 0 Å². The van der Waals surface area contributed by atoms with Crippen LogP contribution in [0.4, 0.5) is 4.79 Å². The maximum absolute atomic E-state index is 11.7. The van der Waals surface area contributed by atoms with Crippen molar-refractivity contribution in [2.24, 2.45) is 0 Å². The molecular formula is C13H20N2O3S. The summed E-state index contributed by atoms with van der Waals surface area (Å²) in [5, 5.41) is 2.53. The minimum Gasteiger partial charge on any atom is -0.341 e. The second kappa shape index (κ2) is 6.56. The van der Waals surface area contributed by atoms with Gasteiger partial charge in [0.05, 0.1) is 5.75 Å². The van der Waals surface area contributed by atoms with Gasteiger partial charge in [0.2, 0.25) is 0 Å². The molecule has 0 unspecified atom stereocenters. The van der Waals surface area contributed by atoms with Gasteiger partial charge in [-0.25, -0.2) is 13.2 Å². The molecule has 1 N–H and O–H groups in total. The average molecular weight is 284 g/mol. The van der Waals surface area contributed by atoms with Gasteiger partial charge >= 0.3 is 6.03 Å². The van der Waals surface area contributed by atoms with Gasteiger partial charge < -0.3 is 10.2 Å². The van der Waals surface area contributed by atoms with Crippen LogP contribution in [-0.4, -0.2) is 44.9 Å². The lowest BCUT2D eigenvalue weighted by Crippen LogP contribution is -2.40. The van der Waals surface area contributed by atoms with Gasteiger partial charge in [-0.15, -0.1) is 0 Å². The molecule has 106 valence electrons. The Hall–Kier alpha value is -1.56. The summed E-state index contributed by atoms with van der Waals surface area (Å²) >= 11 is 0. The fourth-order valence-corrected chi connectivity index (χ4v) is 2.15. The molecule has 1 aromatic carbocycles. The Morgan fingerprint density at radius 1 is 1.26 bits per heavy atom. The van der Waals surface area contributed by atoms with E-state index in [0.717, 1.165) is 11.1 Å². The van der Waals surface area contributed by atoms with Gasteiger partial charge in [0.25, 0.3) is 0 Å². The highest BCUT2D eigenvalue weighted by atomic mass is 32.2. The van der Waals surface area contributed by atoms with E-state index in [1.54, 1.807) is 0 Å². The van der Waals surface area contributed by atoms with E-state index in [1.807, 2.05) is 31.2 Å². The maximum Gasteiger partial charge on any atom is 0.317 e. The number of carbonyl (C=O) groups excluding carboxylic acids is 1. The average Bonchev–Trinajstić information content (AvgIpc) is 2.34. The van der Waals surface area contributed by atoms with Gasteiger partial charge in [-0.05, 0) is 12.5 Å². The molecule has 0 fully saturated rings. The van der Waals surface area contributed by atoms with E-state index in [9.17, 15) is 13.2 Å². The number of urea groups is 1. The van der Waals surface area contributed by atoms with E-state index >= 15 is 0 Å². The highest BCUT2D eigenvalue weighted by Crippen LogP contribution is 2.07. The largest absolute Gasteiger partial charge is 0.341 e. The molecule has 0 saturated heterocycles. The molecule has 0 bridgehead atoms. The molecule has 0 saturated carbocycles. The van der Waals surface area contributed by atoms with E-state index in [4.69, 9.17) is 0 Å². The van der Waals surface area contributed by atoms with Crippen molar-refractivity contribution < 1.29 is 13.2 Å². The van der Waals surface area contributed by atoms with E-state index in [1.165, 1.54) is 18.2 Å². The molecule has 0 aromatic heterocycles. The highest BCUT2D eigenvalue weighted by Gasteiger charge is 2.14. The molecule has 5 nitrogen and oxygen atoms in total. The number of nitrogens with one attached hydrogen (secondary N) is 1. The normalized spacial score (nSPS) is 11.1. The molecule has 1 rings (SSSR count). The second-order valence-electron chi connectivity index (χ2n) is 4.59. The molecule has 0 radical (unpaired) electrons. The van der Waals surface area contributed by atoms with Crippen LogP contribution in [0.2, 0.25) is 0 Å². The molecular weight excluding hydrogens is 264 g/mol. The molecule has 0 aliphatic heterocycles. The molecule has 6 heteroatoms. The van der Waals surface area contributed by atoms with Gasteiger partial charge in [-0.1, -0.05) is 29.8 Å². The van der Waals surface area contributed by atoms with Crippen LogP contribution in [0.1, 0.15) is 11.1 Å². The van der Waals surface area contributed by atoms with E-state index in [2.05, 4.69) is 5.32 Å². The van der Waals surface area contributed by atoms with Crippen molar-refractivity contribution in [3.63, 3.8) is 0 Å². The van der Waals surface area contributed by atoms with Crippen LogP contribution >= 0.6 is 0 Å². The first-order valence-corrected chi connectivity index (χ1v) is 8.08. The van der Waals surface area contributed by atoms with Crippen molar-refractivity contribution in [2.75, 3.05) is 25.6 Å². The Bertz CT molecular complexity index is 523. The van der Waals surface area contributed by atoms with Gasteiger partial charge in [0.15, 0.2) is 0 Å². The summed E-state index contributed by atoms with van der Waals surface area (Å²) in [6, 6.07) is 7.53. The summed E-state index contributed by atoms with van der Waals surface area (Å²) in [6.45, 7) is 2.58. The Labute approximate surface area is 114 Å². The summed E-state index contributed by atoms with van der Waals surface area (Å²) in [7, 11) is -1.55. The topological polar surface area (TPSA) is 66.5 Å². The number of nitrogens with zero attached hydrogens (tertiary/aromatic N) is 1. The van der Waals surface area contributed by atoms with Gasteiger partial charge in [0.1, 0.15) is 9.84 Å². The molecule has 19 heavy (non-hydrogen) atoms. The number of hydrogen-bond donors (Lipinski definition) is 1. The number of rotatable bonds is 5. The molecule has 1 aromatic rings. The predicted octanol–water partition coefficient (Wildman–Crippen LogP) is 1.18. The zero-order valence-corrected chi connectivity index (χ0v) is 12.3. The smallest absolute Gasteiger partial charge is 0.317 e. The first kappa shape index (κ1) is 15.5. The minimum absolute atomic E-state index is 0.0354. The summed E-state index contributed by atoms with van der Waals surface area (Å²) in [4.78, 5) is 13.2. The first-order valence-electron chi connectivity index (χ1n) is 6.02. The predicted molar refractivity (Wildman–Crippen MR) is 75.8 cm³/mol. The van der Waals surface area contributed by atoms with E-state index in [0.29, 0.717) is 6.54 Å². The van der Waals surface area contributed by atoms with Crippen molar-refractivity contribution in [3.8, 4) is 0 Å². The third kappa shape index (κ3) is 5.74. The summed E-state index contributed by atoms with van der Waals surface area (Å²) in [5.41, 5.74) is 2.12. The number of carbonyl (C=O) groups is 1. The standard InChI is InChI=1S/C13H20N2O3S/c1-11-4-6-12(7-5-11)10-15(13(16)14-2)8-9-19(3,17)18/h4-7H,8-10H2,1-3H3,(H,14,16). The van der Waals surface area contributed by atoms with Crippen LogP contribution in [0.3, 0.4) is 0 Å². The number of hydrogen-bond acceptors (Lipinski definition) is 3. The van der Waals surface area contributed by atoms with E-state index in [-0.39, 0.29) is 18.3 Å². The van der Waals surface area contributed by atoms with Crippen LogP contribution in [0.15, 0.2) is 24.3 Å². The zero-order chi connectivity index (χ0) is 14.5. The molecule has 0 aliphatic carbocycles. The van der Waals surface area contributed by atoms with Crippen molar-refractivity contribution in [1.82, 2.24) is 10.2 Å². The van der Waals surface area contributed by atoms with Crippen molar-refractivity contribution in [2.45, 2.75) is 13.5 Å². The third-order valence-corrected chi connectivity index (χ3v) is 3.65. The Balaban J connectivity index is 2.74. The Morgan fingerprint density at radius 2 is 1.84 bits per heavy atom. The highest BCUT2D eigenvalue weighted by molar-refractivity contribution is 7.90. The molecule has 0 aliphatic rings. The maximum atomic E-state index is 11.7. The molecule has 2 amide bonds. The Morgan fingerprint density at radius 3 is 2.32 bits per heavy atom. The molecule has 0 atom stereocenters. The number of amides is 2. The second-order valence-corrected chi connectivity index (χ2v) is 6.85. The van der Waals surface area contributed by atoms with Crippen LogP contribution in [-0.2, 0) is 16.4 Å². The molecule has 0 spiro atoms. The van der Waals surface area contributed by atoms with Crippen molar-refractivity contribution >= 4 is 15.9 Å². The summed E-state index contributed by atoms with van der Waals surface area (Å²) in [6.07, 6.45) is 1.17. The fraction of sp³-hybridized carbons (Fsp3) is 0.462. The SMILES string of the molecule is CNC(=O)N(CCS(C)(=O)=O)Cc1ccc(C)cc1. The van der Waals surface area contributed by atoms with Gasteiger partial charge in [0, 0.05) is 26.4 Å². The fourth-order valence-electron chi connectivity index (χ4n) is 1.60. The van der Waals surface area contributed by atoms with Crippen LogP contribution in [0.25, 0.3) is 0 Å². The lowest BCUT2D eigenvalue weighted by atomic mass is 10.1. The summed E-state index contributed by atoms with van der Waals surface area (Å²) < 4.78 is 22.4. The Kier molecular flexibility index (Phi) is 5.35. The lowest BCUT2D eigenvalue weighted by molar-refractivity contribution is 0.201. The monoisotopic (exact) mass is 284 g/mol. The summed E-state index contributed by atoms with van der Waals surface area (Å²) in [5.74, 6) is -0.0354. The number of benzene rings is 1. The number of sulfone groups is 1. The van der Waals surface area contributed by atoms with Gasteiger partial charge in [-0.3, -0.25) is 0 Å². The third-order valence-electron chi connectivity index (χ3n) is 2.73. The minimum atomic E-state index is -3.08. The lowest BCUT2D eigenvalue weighted by Gasteiger charge is -2.22. The van der Waals surface area contributed by atoms with Gasteiger partial charge in [-0.2, -0.15) is 0 Å². The van der Waals surface area contributed by atoms with Crippen molar-refractivity contribution in [1.29, 1.82) is 0 Å². The molecule has 0 heterocycles. The van der Waals surface area contributed by atoms with Crippen LogP contribution < -0.4 is 5.32 Å². The quantitative estimate of drug-likeness (QED) is 0.883. The first-order chi connectivity index (χ1) is 8.81. The zero-order valence-electron chi connectivity index (χ0n) is 11.5.